The molecule has 0 heterocycles. The van der Waals surface area contributed by atoms with Crippen LogP contribution in [0.1, 0.15) is 16.7 Å². The second-order valence-electron chi connectivity index (χ2n) is 5.73. The lowest BCUT2D eigenvalue weighted by atomic mass is 10.1. The minimum Gasteiger partial charge on any atom is -0.497 e. The number of hydrogen-bond acceptors (Lipinski definition) is 3. The van der Waals surface area contributed by atoms with Gasteiger partial charge in [-0.05, 0) is 42.5 Å². The van der Waals surface area contributed by atoms with Gasteiger partial charge < -0.3 is 14.8 Å². The molecule has 0 radical (unpaired) electrons. The summed E-state index contributed by atoms with van der Waals surface area (Å²) in [5.41, 5.74) is -3.27. The van der Waals surface area contributed by atoms with Crippen LogP contribution in [0.2, 0.25) is 0 Å². The van der Waals surface area contributed by atoms with Crippen LogP contribution in [-0.2, 0) is 17.1 Å². The summed E-state index contributed by atoms with van der Waals surface area (Å²) in [6, 6.07) is 5.54. The van der Waals surface area contributed by atoms with Gasteiger partial charge in [-0.25, -0.2) is 0 Å². The Kier molecular flexibility index (Phi) is 6.45. The molecule has 0 bridgehead atoms. The number of methoxy groups -OCH3 is 2. The Morgan fingerprint density at radius 3 is 1.97 bits per heavy atom. The molecule has 0 fully saturated rings. The number of nitrogens with one attached hydrogen (secondary N) is 1. The number of rotatable bonds is 5. The SMILES string of the molecule is COc1ccc(OC)c(/C=C/C(=O)Nc2cc(C(F)(F)F)cc(C(F)(F)F)c2)c1. The Hall–Kier alpha value is -3.17. The largest absolute Gasteiger partial charge is 0.497 e. The zero-order valence-corrected chi connectivity index (χ0v) is 15.1. The van der Waals surface area contributed by atoms with Crippen molar-refractivity contribution in [2.75, 3.05) is 19.5 Å². The molecule has 0 aliphatic carbocycles. The molecule has 29 heavy (non-hydrogen) atoms. The third-order valence-corrected chi connectivity index (χ3v) is 3.71. The van der Waals surface area contributed by atoms with Crippen molar-refractivity contribution in [3.63, 3.8) is 0 Å². The number of halogens is 6. The van der Waals surface area contributed by atoms with Gasteiger partial charge in [-0.15, -0.1) is 0 Å². The average molecular weight is 419 g/mol. The highest BCUT2D eigenvalue weighted by atomic mass is 19.4. The van der Waals surface area contributed by atoms with E-state index in [0.29, 0.717) is 29.2 Å². The molecule has 0 aromatic heterocycles. The van der Waals surface area contributed by atoms with E-state index in [1.807, 2.05) is 5.32 Å². The molecular weight excluding hydrogens is 404 g/mol. The predicted molar refractivity (Wildman–Crippen MR) is 93.7 cm³/mol. The van der Waals surface area contributed by atoms with Crippen LogP contribution in [0.4, 0.5) is 32.0 Å². The summed E-state index contributed by atoms with van der Waals surface area (Å²) >= 11 is 0. The summed E-state index contributed by atoms with van der Waals surface area (Å²) in [6.45, 7) is 0. The molecule has 0 aliphatic heterocycles. The lowest BCUT2D eigenvalue weighted by Crippen LogP contribution is -2.14. The lowest BCUT2D eigenvalue weighted by Gasteiger charge is -2.14. The Balaban J connectivity index is 2.30. The van der Waals surface area contributed by atoms with E-state index in [4.69, 9.17) is 9.47 Å². The predicted octanol–water partition coefficient (Wildman–Crippen LogP) is 5.39. The van der Waals surface area contributed by atoms with E-state index >= 15 is 0 Å². The van der Waals surface area contributed by atoms with E-state index in [0.717, 1.165) is 6.08 Å². The molecule has 10 heteroatoms. The van der Waals surface area contributed by atoms with E-state index in [1.165, 1.54) is 26.4 Å². The number of hydrogen-bond donors (Lipinski definition) is 1. The Labute approximate surface area is 161 Å². The summed E-state index contributed by atoms with van der Waals surface area (Å²) < 4.78 is 87.4. The number of carbonyl (C=O) groups is 1. The highest BCUT2D eigenvalue weighted by Crippen LogP contribution is 2.37. The summed E-state index contributed by atoms with van der Waals surface area (Å²) in [7, 11) is 2.81. The van der Waals surface area contributed by atoms with Crippen LogP contribution in [0.15, 0.2) is 42.5 Å². The standard InChI is InChI=1S/C19H15F6NO3/c1-28-15-4-5-16(29-2)11(7-15)3-6-17(27)26-14-9-12(18(20,21)22)8-13(10-14)19(23,24)25/h3-10H,1-2H3,(H,26,27)/b6-3+. The van der Waals surface area contributed by atoms with Gasteiger partial charge in [0.15, 0.2) is 0 Å². The summed E-state index contributed by atoms with van der Waals surface area (Å²) in [6.07, 6.45) is -7.78. The first-order valence-electron chi connectivity index (χ1n) is 7.94. The van der Waals surface area contributed by atoms with Crippen molar-refractivity contribution in [2.45, 2.75) is 12.4 Å². The molecule has 2 aromatic rings. The van der Waals surface area contributed by atoms with Crippen molar-refractivity contribution in [2.24, 2.45) is 0 Å². The van der Waals surface area contributed by atoms with Gasteiger partial charge in [-0.3, -0.25) is 4.79 Å². The quantitative estimate of drug-likeness (QED) is 0.522. The monoisotopic (exact) mass is 419 g/mol. The van der Waals surface area contributed by atoms with Crippen molar-refractivity contribution in [3.8, 4) is 11.5 Å². The lowest BCUT2D eigenvalue weighted by molar-refractivity contribution is -0.143. The molecule has 2 aromatic carbocycles. The van der Waals surface area contributed by atoms with E-state index in [-0.39, 0.29) is 6.07 Å². The molecule has 0 aliphatic rings. The Morgan fingerprint density at radius 1 is 0.897 bits per heavy atom. The topological polar surface area (TPSA) is 47.6 Å². The van der Waals surface area contributed by atoms with Crippen LogP contribution in [0, 0.1) is 0 Å². The van der Waals surface area contributed by atoms with Crippen molar-refractivity contribution >= 4 is 17.7 Å². The molecule has 156 valence electrons. The molecule has 2 rings (SSSR count). The first-order valence-corrected chi connectivity index (χ1v) is 7.94. The molecule has 0 saturated carbocycles. The molecule has 0 spiro atoms. The van der Waals surface area contributed by atoms with Gasteiger partial charge in [0, 0.05) is 17.3 Å². The van der Waals surface area contributed by atoms with Crippen LogP contribution in [-0.4, -0.2) is 20.1 Å². The van der Waals surface area contributed by atoms with Crippen molar-refractivity contribution in [1.29, 1.82) is 0 Å². The normalized spacial score (nSPS) is 12.1. The van der Waals surface area contributed by atoms with E-state index in [2.05, 4.69) is 0 Å². The zero-order chi connectivity index (χ0) is 21.8. The first kappa shape index (κ1) is 22.1. The molecule has 1 amide bonds. The van der Waals surface area contributed by atoms with E-state index in [9.17, 15) is 31.1 Å². The van der Waals surface area contributed by atoms with Gasteiger partial charge in [0.2, 0.25) is 5.91 Å². The maximum absolute atomic E-state index is 12.9. The van der Waals surface area contributed by atoms with Gasteiger partial charge in [0.1, 0.15) is 11.5 Å². The fourth-order valence-corrected chi connectivity index (χ4v) is 2.35. The van der Waals surface area contributed by atoms with Crippen LogP contribution in [0.25, 0.3) is 6.08 Å². The fraction of sp³-hybridized carbons (Fsp3) is 0.211. The second kappa shape index (κ2) is 8.46. The summed E-state index contributed by atoms with van der Waals surface area (Å²) in [4.78, 5) is 12.0. The third-order valence-electron chi connectivity index (χ3n) is 3.71. The highest BCUT2D eigenvalue weighted by Gasteiger charge is 2.37. The van der Waals surface area contributed by atoms with Crippen molar-refractivity contribution in [3.05, 3.63) is 59.2 Å². The smallest absolute Gasteiger partial charge is 0.416 e. The number of ether oxygens (including phenoxy) is 2. The van der Waals surface area contributed by atoms with Gasteiger partial charge in [-0.1, -0.05) is 0 Å². The maximum Gasteiger partial charge on any atom is 0.416 e. The first-order chi connectivity index (χ1) is 13.4. The molecule has 0 unspecified atom stereocenters. The molecular formula is C19H15F6NO3. The fourth-order valence-electron chi connectivity index (χ4n) is 2.35. The molecule has 0 atom stereocenters. The highest BCUT2D eigenvalue weighted by molar-refractivity contribution is 6.02. The van der Waals surface area contributed by atoms with Gasteiger partial charge in [0.25, 0.3) is 0 Å². The number of carbonyl (C=O) groups excluding carboxylic acids is 1. The minimum absolute atomic E-state index is 0.0212. The number of alkyl halides is 6. The third kappa shape index (κ3) is 5.90. The summed E-state index contributed by atoms with van der Waals surface area (Å²) in [5, 5.41) is 2.01. The zero-order valence-electron chi connectivity index (χ0n) is 15.1. The van der Waals surface area contributed by atoms with Crippen molar-refractivity contribution < 1.29 is 40.6 Å². The van der Waals surface area contributed by atoms with E-state index in [1.54, 1.807) is 12.1 Å². The Morgan fingerprint density at radius 2 is 1.48 bits per heavy atom. The van der Waals surface area contributed by atoms with E-state index < -0.39 is 35.1 Å². The maximum atomic E-state index is 12.9. The minimum atomic E-state index is -5.01. The number of anilines is 1. The average Bonchev–Trinajstić information content (AvgIpc) is 2.64. The van der Waals surface area contributed by atoms with Crippen LogP contribution >= 0.6 is 0 Å². The van der Waals surface area contributed by atoms with Gasteiger partial charge in [-0.2, -0.15) is 26.3 Å². The number of benzene rings is 2. The van der Waals surface area contributed by atoms with Gasteiger partial charge in [0.05, 0.1) is 25.3 Å². The number of amides is 1. The second-order valence-corrected chi connectivity index (χ2v) is 5.73. The van der Waals surface area contributed by atoms with Gasteiger partial charge >= 0.3 is 12.4 Å². The van der Waals surface area contributed by atoms with Crippen LogP contribution in [0.3, 0.4) is 0 Å². The molecule has 4 nitrogen and oxygen atoms in total. The van der Waals surface area contributed by atoms with Crippen LogP contribution in [0.5, 0.6) is 11.5 Å². The molecule has 1 N–H and O–H groups in total. The van der Waals surface area contributed by atoms with Crippen LogP contribution < -0.4 is 14.8 Å². The Bertz CT molecular complexity index is 887. The van der Waals surface area contributed by atoms with Crippen molar-refractivity contribution in [1.82, 2.24) is 0 Å². The molecule has 0 saturated heterocycles. The summed E-state index contributed by atoms with van der Waals surface area (Å²) in [5.74, 6) is -0.0887.